The highest BCUT2D eigenvalue weighted by molar-refractivity contribution is 5.89. The van der Waals surface area contributed by atoms with Gasteiger partial charge in [-0.25, -0.2) is 0 Å². The number of allylic oxidation sites excluding steroid dienone is 1. The lowest BCUT2D eigenvalue weighted by Gasteiger charge is -2.37. The van der Waals surface area contributed by atoms with Gasteiger partial charge in [-0.1, -0.05) is 42.5 Å². The van der Waals surface area contributed by atoms with E-state index >= 15 is 0 Å². The van der Waals surface area contributed by atoms with Gasteiger partial charge in [0, 0.05) is 0 Å². The molecule has 3 heteroatoms. The Labute approximate surface area is 130 Å². The number of carbonyl (C=O) groups excluding carboxylic acids is 1. The van der Waals surface area contributed by atoms with Crippen LogP contribution in [0.2, 0.25) is 0 Å². The second kappa shape index (κ2) is 5.68. The van der Waals surface area contributed by atoms with Gasteiger partial charge in [0.25, 0.3) is 0 Å². The van der Waals surface area contributed by atoms with Gasteiger partial charge in [0.15, 0.2) is 0 Å². The quantitative estimate of drug-likeness (QED) is 0.638. The van der Waals surface area contributed by atoms with Crippen LogP contribution in [0.3, 0.4) is 0 Å². The maximum atomic E-state index is 12.7. The molecule has 0 unspecified atom stereocenters. The van der Waals surface area contributed by atoms with Gasteiger partial charge in [0.05, 0.1) is 7.11 Å². The standard InChI is InChI=1S/C19H18O3/c1-3-12-19(15-8-10-16(21-2)11-9-15)17-7-5-4-6-14(17)13-22-18(19)20/h3-11H,1,12-13H2,2H3/t19-/m0/s1. The second-order valence-electron chi connectivity index (χ2n) is 5.36. The van der Waals surface area contributed by atoms with Gasteiger partial charge >= 0.3 is 5.97 Å². The van der Waals surface area contributed by atoms with Crippen molar-refractivity contribution in [3.05, 3.63) is 77.9 Å². The maximum Gasteiger partial charge on any atom is 0.321 e. The fourth-order valence-electron chi connectivity index (χ4n) is 3.12. The summed E-state index contributed by atoms with van der Waals surface area (Å²) in [5, 5.41) is 0. The topological polar surface area (TPSA) is 35.5 Å². The van der Waals surface area contributed by atoms with Crippen LogP contribution in [0.4, 0.5) is 0 Å². The number of hydrogen-bond acceptors (Lipinski definition) is 3. The van der Waals surface area contributed by atoms with Gasteiger partial charge in [-0.05, 0) is 35.2 Å². The molecule has 0 radical (unpaired) electrons. The van der Waals surface area contributed by atoms with Crippen LogP contribution in [0.15, 0.2) is 61.2 Å². The fourth-order valence-corrected chi connectivity index (χ4v) is 3.12. The van der Waals surface area contributed by atoms with E-state index in [0.29, 0.717) is 13.0 Å². The highest BCUT2D eigenvalue weighted by Gasteiger charge is 2.46. The first-order chi connectivity index (χ1) is 10.7. The van der Waals surface area contributed by atoms with Crippen LogP contribution in [0.1, 0.15) is 23.1 Å². The Morgan fingerprint density at radius 3 is 2.64 bits per heavy atom. The summed E-state index contributed by atoms with van der Waals surface area (Å²) in [5.41, 5.74) is 2.10. The zero-order valence-electron chi connectivity index (χ0n) is 12.5. The zero-order valence-corrected chi connectivity index (χ0v) is 12.5. The molecule has 0 aromatic heterocycles. The molecule has 0 saturated carbocycles. The van der Waals surface area contributed by atoms with E-state index in [-0.39, 0.29) is 5.97 Å². The Morgan fingerprint density at radius 2 is 1.95 bits per heavy atom. The largest absolute Gasteiger partial charge is 0.497 e. The molecule has 1 aliphatic rings. The summed E-state index contributed by atoms with van der Waals surface area (Å²) in [6.45, 7) is 4.16. The molecule has 3 nitrogen and oxygen atoms in total. The molecule has 0 amide bonds. The molecule has 0 fully saturated rings. The van der Waals surface area contributed by atoms with E-state index in [1.165, 1.54) is 0 Å². The predicted molar refractivity (Wildman–Crippen MR) is 84.8 cm³/mol. The normalized spacial score (nSPS) is 20.0. The van der Waals surface area contributed by atoms with Gasteiger partial charge in [0.2, 0.25) is 0 Å². The Hall–Kier alpha value is -2.55. The minimum atomic E-state index is -0.830. The van der Waals surface area contributed by atoms with Gasteiger partial charge in [0.1, 0.15) is 17.8 Å². The SMILES string of the molecule is C=CC[C@@]1(c2ccc(OC)cc2)C(=O)OCc2ccccc21. The Bertz CT molecular complexity index is 703. The van der Waals surface area contributed by atoms with Crippen LogP contribution >= 0.6 is 0 Å². The molecule has 0 saturated heterocycles. The number of benzene rings is 2. The molecule has 22 heavy (non-hydrogen) atoms. The number of fused-ring (bicyclic) bond motifs is 1. The number of carbonyl (C=O) groups is 1. The molecule has 0 bridgehead atoms. The number of hydrogen-bond donors (Lipinski definition) is 0. The zero-order chi connectivity index (χ0) is 15.6. The molecule has 1 aliphatic heterocycles. The summed E-state index contributed by atoms with van der Waals surface area (Å²) < 4.78 is 10.7. The summed E-state index contributed by atoms with van der Waals surface area (Å²) in [6.07, 6.45) is 2.27. The van der Waals surface area contributed by atoms with E-state index < -0.39 is 5.41 Å². The van der Waals surface area contributed by atoms with E-state index in [0.717, 1.165) is 22.4 Å². The first-order valence-corrected chi connectivity index (χ1v) is 7.23. The van der Waals surface area contributed by atoms with Gasteiger partial charge < -0.3 is 9.47 Å². The van der Waals surface area contributed by atoms with E-state index in [9.17, 15) is 4.79 Å². The minimum absolute atomic E-state index is 0.226. The molecule has 1 heterocycles. The predicted octanol–water partition coefficient (Wildman–Crippen LogP) is 3.61. The molecule has 3 rings (SSSR count). The Morgan fingerprint density at radius 1 is 1.23 bits per heavy atom. The van der Waals surface area contributed by atoms with E-state index in [4.69, 9.17) is 9.47 Å². The van der Waals surface area contributed by atoms with Crippen molar-refractivity contribution in [2.24, 2.45) is 0 Å². The smallest absolute Gasteiger partial charge is 0.321 e. The Balaban J connectivity index is 2.22. The van der Waals surface area contributed by atoms with Crippen molar-refractivity contribution in [1.82, 2.24) is 0 Å². The van der Waals surface area contributed by atoms with Crippen LogP contribution in [0, 0.1) is 0 Å². The molecular weight excluding hydrogens is 276 g/mol. The number of rotatable bonds is 4. The first kappa shape index (κ1) is 14.4. The third-order valence-corrected chi connectivity index (χ3v) is 4.22. The third kappa shape index (κ3) is 2.10. The molecule has 2 aromatic carbocycles. The highest BCUT2D eigenvalue weighted by atomic mass is 16.5. The third-order valence-electron chi connectivity index (χ3n) is 4.22. The molecule has 1 atom stereocenters. The van der Waals surface area contributed by atoms with Crippen molar-refractivity contribution in [1.29, 1.82) is 0 Å². The van der Waals surface area contributed by atoms with Crippen LogP contribution in [-0.4, -0.2) is 13.1 Å². The van der Waals surface area contributed by atoms with Crippen molar-refractivity contribution in [2.75, 3.05) is 7.11 Å². The van der Waals surface area contributed by atoms with E-state index in [1.54, 1.807) is 13.2 Å². The van der Waals surface area contributed by atoms with E-state index in [1.807, 2.05) is 48.5 Å². The van der Waals surface area contributed by atoms with Crippen LogP contribution in [-0.2, 0) is 21.6 Å². The summed E-state index contributed by atoms with van der Waals surface area (Å²) >= 11 is 0. The Kier molecular flexibility index (Phi) is 3.72. The molecule has 0 aliphatic carbocycles. The van der Waals surface area contributed by atoms with Gasteiger partial charge in [-0.3, -0.25) is 4.79 Å². The lowest BCUT2D eigenvalue weighted by molar-refractivity contribution is -0.152. The molecule has 0 N–H and O–H groups in total. The number of cyclic esters (lactones) is 1. The number of methoxy groups -OCH3 is 1. The minimum Gasteiger partial charge on any atom is -0.497 e. The highest BCUT2D eigenvalue weighted by Crippen LogP contribution is 2.42. The van der Waals surface area contributed by atoms with Crippen molar-refractivity contribution >= 4 is 5.97 Å². The fraction of sp³-hybridized carbons (Fsp3) is 0.211. The molecule has 0 spiro atoms. The molecule has 2 aromatic rings. The number of esters is 1. The van der Waals surface area contributed by atoms with Gasteiger partial charge in [-0.2, -0.15) is 0 Å². The maximum absolute atomic E-state index is 12.7. The number of ether oxygens (including phenoxy) is 2. The van der Waals surface area contributed by atoms with Crippen molar-refractivity contribution in [2.45, 2.75) is 18.4 Å². The van der Waals surface area contributed by atoms with Gasteiger partial charge in [-0.15, -0.1) is 6.58 Å². The van der Waals surface area contributed by atoms with Crippen LogP contribution in [0.5, 0.6) is 5.75 Å². The average Bonchev–Trinajstić information content (AvgIpc) is 2.58. The van der Waals surface area contributed by atoms with Crippen molar-refractivity contribution < 1.29 is 14.3 Å². The van der Waals surface area contributed by atoms with Crippen molar-refractivity contribution in [3.8, 4) is 5.75 Å². The monoisotopic (exact) mass is 294 g/mol. The lowest BCUT2D eigenvalue weighted by atomic mass is 9.69. The molecule has 112 valence electrons. The van der Waals surface area contributed by atoms with Crippen LogP contribution in [0.25, 0.3) is 0 Å². The summed E-state index contributed by atoms with van der Waals surface area (Å²) in [4.78, 5) is 12.7. The van der Waals surface area contributed by atoms with Crippen LogP contribution < -0.4 is 4.74 Å². The van der Waals surface area contributed by atoms with Crippen molar-refractivity contribution in [3.63, 3.8) is 0 Å². The summed E-state index contributed by atoms with van der Waals surface area (Å²) in [7, 11) is 1.62. The molecular formula is C19H18O3. The first-order valence-electron chi connectivity index (χ1n) is 7.23. The lowest BCUT2D eigenvalue weighted by Crippen LogP contribution is -2.42. The second-order valence-corrected chi connectivity index (χ2v) is 5.36. The average molecular weight is 294 g/mol. The summed E-state index contributed by atoms with van der Waals surface area (Å²) in [5.74, 6) is 0.534. The summed E-state index contributed by atoms with van der Waals surface area (Å²) in [6, 6.07) is 15.5. The van der Waals surface area contributed by atoms with E-state index in [2.05, 4.69) is 6.58 Å².